The Kier molecular flexibility index (Phi) is 4.55. The second-order valence-corrected chi connectivity index (χ2v) is 10.3. The quantitative estimate of drug-likeness (QED) is 0.393. The van der Waals surface area contributed by atoms with Crippen LogP contribution in [0.2, 0.25) is 0 Å². The number of rotatable bonds is 4. The summed E-state index contributed by atoms with van der Waals surface area (Å²) >= 11 is 6.94. The van der Waals surface area contributed by atoms with Crippen molar-refractivity contribution in [3.8, 4) is 0 Å². The minimum absolute atomic E-state index is 0.0422. The van der Waals surface area contributed by atoms with Gasteiger partial charge in [0, 0.05) is 12.6 Å². The van der Waals surface area contributed by atoms with Gasteiger partial charge in [0.15, 0.2) is 15.2 Å². The SMILES string of the molecule is CC1=C(C(=O)c2ccccc2)N2C(=O)[C@H](Cl)C2S(=O)(=O)[C@@H]1Sc1nnnn1C. The highest BCUT2D eigenvalue weighted by molar-refractivity contribution is 8.14. The summed E-state index contributed by atoms with van der Waals surface area (Å²) in [5.74, 6) is -1.03. The van der Waals surface area contributed by atoms with E-state index in [4.69, 9.17) is 11.6 Å². The Morgan fingerprint density at radius 3 is 2.54 bits per heavy atom. The molecule has 1 amide bonds. The summed E-state index contributed by atoms with van der Waals surface area (Å²) < 4.78 is 26.5. The highest BCUT2D eigenvalue weighted by atomic mass is 35.5. The van der Waals surface area contributed by atoms with Crippen molar-refractivity contribution in [3.63, 3.8) is 0 Å². The molecule has 2 aliphatic rings. The number of amides is 1. The van der Waals surface area contributed by atoms with Crippen LogP contribution in [0.25, 0.3) is 0 Å². The van der Waals surface area contributed by atoms with E-state index in [0.717, 1.165) is 16.7 Å². The molecule has 1 unspecified atom stereocenters. The lowest BCUT2D eigenvalue weighted by Gasteiger charge is -2.49. The van der Waals surface area contributed by atoms with Crippen LogP contribution in [0.3, 0.4) is 0 Å². The topological polar surface area (TPSA) is 115 Å². The van der Waals surface area contributed by atoms with Gasteiger partial charge < -0.3 is 0 Å². The zero-order valence-electron chi connectivity index (χ0n) is 14.7. The van der Waals surface area contributed by atoms with Gasteiger partial charge in [0.05, 0.1) is 5.70 Å². The number of β-lactam (4-membered cyclic amide) rings is 1. The number of Topliss-reactive ketones (excluding diaryl/α,β-unsaturated/α-hetero) is 1. The van der Waals surface area contributed by atoms with Gasteiger partial charge in [-0.1, -0.05) is 42.1 Å². The van der Waals surface area contributed by atoms with Gasteiger partial charge in [-0.25, -0.2) is 13.1 Å². The molecule has 3 atom stereocenters. The van der Waals surface area contributed by atoms with Crippen LogP contribution in [-0.2, 0) is 21.7 Å². The van der Waals surface area contributed by atoms with Crippen LogP contribution in [0.5, 0.6) is 0 Å². The molecule has 2 aliphatic heterocycles. The zero-order valence-corrected chi connectivity index (χ0v) is 17.1. The second kappa shape index (κ2) is 6.68. The van der Waals surface area contributed by atoms with E-state index in [-0.39, 0.29) is 16.4 Å². The fourth-order valence-corrected chi connectivity index (χ4v) is 7.59. The second-order valence-electron chi connectivity index (χ2n) is 6.35. The molecule has 9 nitrogen and oxygen atoms in total. The maximum Gasteiger partial charge on any atom is 0.249 e. The number of tetrazole rings is 1. The lowest BCUT2D eigenvalue weighted by atomic mass is 10.00. The third kappa shape index (κ3) is 2.68. The van der Waals surface area contributed by atoms with Crippen molar-refractivity contribution >= 4 is 44.9 Å². The third-order valence-electron chi connectivity index (χ3n) is 4.63. The molecule has 3 heterocycles. The van der Waals surface area contributed by atoms with Gasteiger partial charge in [0.2, 0.25) is 16.8 Å². The van der Waals surface area contributed by atoms with Crippen molar-refractivity contribution in [1.29, 1.82) is 0 Å². The average molecular weight is 440 g/mol. The van der Waals surface area contributed by atoms with E-state index < -0.39 is 36.9 Å². The summed E-state index contributed by atoms with van der Waals surface area (Å²) in [5, 5.41) is 8.75. The molecule has 4 rings (SSSR count). The highest BCUT2D eigenvalue weighted by Gasteiger charge is 2.62. The number of fused-ring (bicyclic) bond motifs is 1. The van der Waals surface area contributed by atoms with Crippen molar-refractivity contribution in [3.05, 3.63) is 47.2 Å². The van der Waals surface area contributed by atoms with Gasteiger partial charge in [-0.3, -0.25) is 14.5 Å². The number of thioether (sulfide) groups is 1. The molecule has 28 heavy (non-hydrogen) atoms. The molecule has 0 N–H and O–H groups in total. The first kappa shape index (κ1) is 19.1. The van der Waals surface area contributed by atoms with Crippen LogP contribution >= 0.6 is 23.4 Å². The van der Waals surface area contributed by atoms with E-state index in [2.05, 4.69) is 15.5 Å². The predicted molar refractivity (Wildman–Crippen MR) is 101 cm³/mol. The van der Waals surface area contributed by atoms with Crippen molar-refractivity contribution in [2.45, 2.75) is 27.4 Å². The Bertz CT molecular complexity index is 1120. The van der Waals surface area contributed by atoms with Crippen molar-refractivity contribution in [2.24, 2.45) is 7.05 Å². The number of carbonyl (C=O) groups excluding carboxylic acids is 2. The largest absolute Gasteiger partial charge is 0.287 e. The fraction of sp³-hybridized carbons (Fsp3) is 0.312. The highest BCUT2D eigenvalue weighted by Crippen LogP contribution is 2.47. The number of hydrogen-bond donors (Lipinski definition) is 0. The maximum absolute atomic E-state index is 13.2. The first-order valence-corrected chi connectivity index (χ1v) is 11.1. The molecule has 2 aromatic rings. The van der Waals surface area contributed by atoms with Crippen molar-refractivity contribution < 1.29 is 18.0 Å². The first-order valence-electron chi connectivity index (χ1n) is 8.14. The number of alkyl halides is 1. The van der Waals surface area contributed by atoms with Gasteiger partial charge in [-0.2, -0.15) is 0 Å². The number of ketones is 1. The Hall–Kier alpha value is -2.24. The van der Waals surface area contributed by atoms with Crippen molar-refractivity contribution in [1.82, 2.24) is 25.1 Å². The summed E-state index contributed by atoms with van der Waals surface area (Å²) in [7, 11) is -2.34. The van der Waals surface area contributed by atoms with E-state index in [9.17, 15) is 18.0 Å². The molecule has 0 radical (unpaired) electrons. The van der Waals surface area contributed by atoms with Crippen molar-refractivity contribution in [2.75, 3.05) is 0 Å². The number of benzene rings is 1. The smallest absolute Gasteiger partial charge is 0.249 e. The molecule has 1 aromatic heterocycles. The molecular weight excluding hydrogens is 426 g/mol. The third-order valence-corrected chi connectivity index (χ3v) is 9.52. The summed E-state index contributed by atoms with van der Waals surface area (Å²) in [6, 6.07) is 8.37. The minimum Gasteiger partial charge on any atom is -0.287 e. The van der Waals surface area contributed by atoms with E-state index >= 15 is 0 Å². The number of sulfone groups is 1. The minimum atomic E-state index is -3.92. The first-order chi connectivity index (χ1) is 13.2. The Labute approximate surface area is 169 Å². The number of halogens is 1. The van der Waals surface area contributed by atoms with Crippen LogP contribution < -0.4 is 0 Å². The van der Waals surface area contributed by atoms with Gasteiger partial charge >= 0.3 is 0 Å². The standard InChI is InChI=1S/C16H14ClN5O4S2/c1-8-11(12(23)9-6-4-3-5-7-9)22-13(24)10(17)14(22)28(25,26)15(8)27-16-18-19-20-21(16)2/h3-7,10,14-15H,1-2H3/t10-,14?,15-/m0/s1. The van der Waals surface area contributed by atoms with Crippen LogP contribution in [-0.4, -0.2) is 60.5 Å². The van der Waals surface area contributed by atoms with Crippen LogP contribution in [0.4, 0.5) is 0 Å². The van der Waals surface area contributed by atoms with Gasteiger partial charge in [0.1, 0.15) is 9.96 Å². The number of carbonyl (C=O) groups is 2. The molecule has 0 spiro atoms. The number of hydrogen-bond acceptors (Lipinski definition) is 8. The number of allylic oxidation sites excluding steroid dienone is 1. The number of aromatic nitrogens is 4. The maximum atomic E-state index is 13.2. The number of nitrogens with zero attached hydrogens (tertiary/aromatic N) is 5. The molecular formula is C16H14ClN5O4S2. The molecule has 0 saturated carbocycles. The summed E-state index contributed by atoms with van der Waals surface area (Å²) in [6.45, 7) is 1.53. The summed E-state index contributed by atoms with van der Waals surface area (Å²) in [6.07, 6.45) is 0. The van der Waals surface area contributed by atoms with E-state index in [1.165, 1.54) is 11.6 Å². The molecule has 1 saturated heterocycles. The van der Waals surface area contributed by atoms with E-state index in [0.29, 0.717) is 5.56 Å². The molecule has 146 valence electrons. The zero-order chi connectivity index (χ0) is 20.2. The predicted octanol–water partition coefficient (Wildman–Crippen LogP) is 0.989. The Morgan fingerprint density at radius 2 is 1.93 bits per heavy atom. The van der Waals surface area contributed by atoms with Gasteiger partial charge in [-0.15, -0.1) is 16.7 Å². The number of aryl methyl sites for hydroxylation is 1. The molecule has 1 fully saturated rings. The van der Waals surface area contributed by atoms with Crippen LogP contribution in [0, 0.1) is 0 Å². The fourth-order valence-electron chi connectivity index (χ4n) is 3.24. The van der Waals surface area contributed by atoms with Gasteiger partial charge in [0.25, 0.3) is 0 Å². The molecule has 1 aromatic carbocycles. The normalized spacial score (nSPS) is 26.0. The monoisotopic (exact) mass is 439 g/mol. The lowest BCUT2D eigenvalue weighted by Crippen LogP contribution is -2.69. The Balaban J connectivity index is 1.86. The van der Waals surface area contributed by atoms with Gasteiger partial charge in [-0.05, 0) is 22.9 Å². The summed E-state index contributed by atoms with van der Waals surface area (Å²) in [5.41, 5.74) is 0.639. The Morgan fingerprint density at radius 1 is 1.25 bits per heavy atom. The van der Waals surface area contributed by atoms with E-state index in [1.54, 1.807) is 37.4 Å². The molecule has 0 aliphatic carbocycles. The van der Waals surface area contributed by atoms with E-state index in [1.807, 2.05) is 0 Å². The molecule has 12 heteroatoms. The average Bonchev–Trinajstić information content (AvgIpc) is 3.09. The van der Waals surface area contributed by atoms with Crippen LogP contribution in [0.1, 0.15) is 17.3 Å². The van der Waals surface area contributed by atoms with Crippen LogP contribution in [0.15, 0.2) is 46.8 Å². The summed E-state index contributed by atoms with van der Waals surface area (Å²) in [4.78, 5) is 26.5. The molecule has 0 bridgehead atoms. The lowest BCUT2D eigenvalue weighted by molar-refractivity contribution is -0.138.